The summed E-state index contributed by atoms with van der Waals surface area (Å²) in [4.78, 5) is 11.6. The Hall–Kier alpha value is -1.12. The highest BCUT2D eigenvalue weighted by molar-refractivity contribution is 5.12. The molecule has 3 atom stereocenters. The summed E-state index contributed by atoms with van der Waals surface area (Å²) in [5.41, 5.74) is -0.189. The van der Waals surface area contributed by atoms with Crippen molar-refractivity contribution in [2.75, 3.05) is 33.2 Å². The number of hydrogen-bond donors (Lipinski definition) is 0. The summed E-state index contributed by atoms with van der Waals surface area (Å²) < 4.78 is 36.4. The van der Waals surface area contributed by atoms with Gasteiger partial charge < -0.3 is 4.52 Å². The lowest BCUT2D eigenvalue weighted by molar-refractivity contribution is -0.141. The Kier molecular flexibility index (Phi) is 6.32. The molecule has 3 heterocycles. The molecule has 5 rings (SSSR count). The van der Waals surface area contributed by atoms with E-state index in [0.717, 1.165) is 63.3 Å². The number of rotatable bonds is 6. The van der Waals surface area contributed by atoms with Gasteiger partial charge in [-0.15, -0.1) is 0 Å². The van der Waals surface area contributed by atoms with Crippen molar-refractivity contribution in [1.82, 2.24) is 24.8 Å². The first-order valence-corrected chi connectivity index (χ1v) is 13.1. The summed E-state index contributed by atoms with van der Waals surface area (Å²) >= 11 is 0. The fraction of sp³-hybridized carbons (Fsp3) is 0.920. The van der Waals surface area contributed by atoms with E-state index in [9.17, 15) is 0 Å². The first-order valence-electron chi connectivity index (χ1n) is 13.1. The zero-order valence-electron chi connectivity index (χ0n) is 20.8. The molecule has 2 aliphatic heterocycles. The standard InChI is InChI=1S/C25H41F2N5O/c1-17(2)30(4)19-9-13-32(16-19)20-6-5-10-25(26,27)21(20)31-14-11-24(3,12-15-31)23-28-22(33-29-23)18-7-8-18/h17-21H,5-16H2,1-4H3/t19-,20-,21+/m0/s1. The van der Waals surface area contributed by atoms with Gasteiger partial charge in [0.05, 0.1) is 6.04 Å². The molecule has 6 nitrogen and oxygen atoms in total. The number of hydrogen-bond acceptors (Lipinski definition) is 6. The van der Waals surface area contributed by atoms with Crippen molar-refractivity contribution in [1.29, 1.82) is 0 Å². The van der Waals surface area contributed by atoms with Gasteiger partial charge in [0.25, 0.3) is 5.92 Å². The minimum absolute atomic E-state index is 0.0146. The average Bonchev–Trinajstić information content (AvgIpc) is 3.30. The summed E-state index contributed by atoms with van der Waals surface area (Å²) in [6.45, 7) is 9.77. The van der Waals surface area contributed by atoms with Gasteiger partial charge in [0, 0.05) is 49.0 Å². The average molecular weight is 466 g/mol. The van der Waals surface area contributed by atoms with Crippen LogP contribution in [0.5, 0.6) is 0 Å². The zero-order valence-corrected chi connectivity index (χ0v) is 20.8. The molecule has 186 valence electrons. The molecule has 4 aliphatic rings. The van der Waals surface area contributed by atoms with Crippen molar-refractivity contribution in [3.05, 3.63) is 11.7 Å². The molecule has 33 heavy (non-hydrogen) atoms. The van der Waals surface area contributed by atoms with Crippen LogP contribution in [0.2, 0.25) is 0 Å². The van der Waals surface area contributed by atoms with Crippen LogP contribution in [0.1, 0.15) is 89.8 Å². The lowest BCUT2D eigenvalue weighted by Crippen LogP contribution is -2.63. The topological polar surface area (TPSA) is 48.6 Å². The van der Waals surface area contributed by atoms with Gasteiger partial charge >= 0.3 is 0 Å². The van der Waals surface area contributed by atoms with Gasteiger partial charge in [-0.25, -0.2) is 8.78 Å². The Morgan fingerprint density at radius 2 is 1.76 bits per heavy atom. The summed E-state index contributed by atoms with van der Waals surface area (Å²) in [6, 6.07) is 0.190. The lowest BCUT2D eigenvalue weighted by Gasteiger charge is -2.50. The minimum atomic E-state index is -2.63. The molecule has 4 fully saturated rings. The summed E-state index contributed by atoms with van der Waals surface area (Å²) in [7, 11) is 2.17. The fourth-order valence-corrected chi connectivity index (χ4v) is 6.35. The zero-order chi connectivity index (χ0) is 23.4. The predicted molar refractivity (Wildman–Crippen MR) is 124 cm³/mol. The van der Waals surface area contributed by atoms with Gasteiger partial charge in [-0.1, -0.05) is 12.1 Å². The smallest absolute Gasteiger partial charge is 0.264 e. The SMILES string of the molecule is CC(C)N(C)[C@H]1CCN([C@H]2CCCC(F)(F)[C@@H]2N2CCC(C)(c3noc(C4CC4)n3)CC2)C1. The normalized spacial score (nSPS) is 33.3. The van der Waals surface area contributed by atoms with Crippen LogP contribution in [0.15, 0.2) is 4.52 Å². The van der Waals surface area contributed by atoms with Crippen molar-refractivity contribution in [2.24, 2.45) is 0 Å². The van der Waals surface area contributed by atoms with Crippen molar-refractivity contribution in [3.8, 4) is 0 Å². The summed E-state index contributed by atoms with van der Waals surface area (Å²) in [5, 5.41) is 4.29. The first-order chi connectivity index (χ1) is 15.7. The maximum Gasteiger partial charge on any atom is 0.264 e. The summed E-state index contributed by atoms with van der Waals surface area (Å²) in [6.07, 6.45) is 6.45. The number of likely N-dealkylation sites (tertiary alicyclic amines) is 2. The van der Waals surface area contributed by atoms with Crippen molar-refractivity contribution < 1.29 is 13.3 Å². The van der Waals surface area contributed by atoms with Crippen molar-refractivity contribution >= 4 is 0 Å². The number of aromatic nitrogens is 2. The highest BCUT2D eigenvalue weighted by Gasteiger charge is 2.53. The molecule has 2 aliphatic carbocycles. The molecule has 0 spiro atoms. The first kappa shape index (κ1) is 23.6. The van der Waals surface area contributed by atoms with Crippen molar-refractivity contribution in [2.45, 2.75) is 114 Å². The third-order valence-electron chi connectivity index (χ3n) is 9.06. The van der Waals surface area contributed by atoms with Gasteiger partial charge in [0.15, 0.2) is 5.82 Å². The van der Waals surface area contributed by atoms with Crippen LogP contribution in [0.3, 0.4) is 0 Å². The van der Waals surface area contributed by atoms with E-state index in [1.54, 1.807) is 0 Å². The van der Waals surface area contributed by atoms with E-state index in [1.165, 1.54) is 0 Å². The largest absolute Gasteiger partial charge is 0.339 e. The molecule has 0 aromatic carbocycles. The number of likely N-dealkylation sites (N-methyl/N-ethyl adjacent to an activating group) is 1. The molecule has 0 bridgehead atoms. The Labute approximate surface area is 197 Å². The van der Waals surface area contributed by atoms with Crippen LogP contribution in [0.4, 0.5) is 8.78 Å². The fourth-order valence-electron chi connectivity index (χ4n) is 6.35. The minimum Gasteiger partial charge on any atom is -0.339 e. The van der Waals surface area contributed by atoms with Crippen LogP contribution in [-0.4, -0.2) is 88.2 Å². The molecule has 0 amide bonds. The van der Waals surface area contributed by atoms with E-state index in [2.05, 4.69) is 47.7 Å². The molecule has 2 saturated heterocycles. The number of halogens is 2. The summed E-state index contributed by atoms with van der Waals surface area (Å²) in [5.74, 6) is -0.655. The third kappa shape index (κ3) is 4.59. The van der Waals surface area contributed by atoms with Crippen LogP contribution >= 0.6 is 0 Å². The third-order valence-corrected chi connectivity index (χ3v) is 9.06. The highest BCUT2D eigenvalue weighted by Crippen LogP contribution is 2.44. The van der Waals surface area contributed by atoms with Gasteiger partial charge in [-0.2, -0.15) is 4.98 Å². The monoisotopic (exact) mass is 465 g/mol. The second-order valence-electron chi connectivity index (χ2n) is 11.7. The number of piperidine rings is 1. The number of nitrogens with zero attached hydrogens (tertiary/aromatic N) is 5. The molecular weight excluding hydrogens is 424 g/mol. The maximum atomic E-state index is 15.4. The molecule has 8 heteroatoms. The predicted octanol–water partition coefficient (Wildman–Crippen LogP) is 4.27. The molecule has 2 saturated carbocycles. The molecular formula is C25H41F2N5O. The van der Waals surface area contributed by atoms with E-state index in [0.29, 0.717) is 37.5 Å². The quantitative estimate of drug-likeness (QED) is 0.625. The second-order valence-corrected chi connectivity index (χ2v) is 11.7. The van der Waals surface area contributed by atoms with E-state index in [1.807, 2.05) is 0 Å². The van der Waals surface area contributed by atoms with Gasteiger partial charge in [0.2, 0.25) is 5.89 Å². The molecule has 0 unspecified atom stereocenters. The van der Waals surface area contributed by atoms with Crippen LogP contribution in [0.25, 0.3) is 0 Å². The van der Waals surface area contributed by atoms with Crippen molar-refractivity contribution in [3.63, 3.8) is 0 Å². The second kappa shape index (κ2) is 8.83. The Balaban J connectivity index is 1.28. The Morgan fingerprint density at radius 3 is 2.42 bits per heavy atom. The van der Waals surface area contributed by atoms with E-state index in [4.69, 9.17) is 9.51 Å². The number of alkyl halides is 2. The highest BCUT2D eigenvalue weighted by atomic mass is 19.3. The van der Waals surface area contributed by atoms with Crippen LogP contribution < -0.4 is 0 Å². The molecule has 0 radical (unpaired) electrons. The maximum absolute atomic E-state index is 15.4. The lowest BCUT2D eigenvalue weighted by atomic mass is 9.77. The molecule has 1 aromatic rings. The van der Waals surface area contributed by atoms with Crippen LogP contribution in [0, 0.1) is 0 Å². The molecule has 0 N–H and O–H groups in total. The Morgan fingerprint density at radius 1 is 1.03 bits per heavy atom. The van der Waals surface area contributed by atoms with E-state index >= 15 is 8.78 Å². The van der Waals surface area contributed by atoms with Gasteiger partial charge in [-0.3, -0.25) is 14.7 Å². The Bertz CT molecular complexity index is 817. The van der Waals surface area contributed by atoms with Crippen LogP contribution in [-0.2, 0) is 5.41 Å². The van der Waals surface area contributed by atoms with E-state index in [-0.39, 0.29) is 17.9 Å². The molecule has 1 aromatic heterocycles. The van der Waals surface area contributed by atoms with Gasteiger partial charge in [-0.05, 0) is 78.9 Å². The van der Waals surface area contributed by atoms with Gasteiger partial charge in [0.1, 0.15) is 0 Å². The van der Waals surface area contributed by atoms with E-state index < -0.39 is 12.0 Å².